The Bertz CT molecular complexity index is 418. The molecule has 0 atom stereocenters. The molecule has 0 saturated heterocycles. The van der Waals surface area contributed by atoms with Crippen molar-refractivity contribution >= 4 is 10.1 Å². The molecule has 0 saturated carbocycles. The Balaban J connectivity index is 2.69. The molecule has 3 nitrogen and oxygen atoms in total. The van der Waals surface area contributed by atoms with Crippen molar-refractivity contribution in [2.75, 3.05) is 5.75 Å². The molecule has 82 valence electrons. The van der Waals surface area contributed by atoms with Crippen molar-refractivity contribution < 1.29 is 12.6 Å². The van der Waals surface area contributed by atoms with Gasteiger partial charge in [-0.1, -0.05) is 23.8 Å². The summed E-state index contributed by atoms with van der Waals surface area (Å²) in [5, 5.41) is 0. The lowest BCUT2D eigenvalue weighted by molar-refractivity contribution is 0.486. The topological polar surface area (TPSA) is 43.4 Å². The van der Waals surface area contributed by atoms with E-state index in [2.05, 4.69) is 6.58 Å². The summed E-state index contributed by atoms with van der Waals surface area (Å²) in [5.41, 5.74) is 1.06. The van der Waals surface area contributed by atoms with Crippen molar-refractivity contribution in [1.82, 2.24) is 0 Å². The van der Waals surface area contributed by atoms with E-state index in [4.69, 9.17) is 4.18 Å². The summed E-state index contributed by atoms with van der Waals surface area (Å²) in [7, 11) is -3.48. The molecule has 0 aliphatic carbocycles. The maximum absolute atomic E-state index is 11.4. The monoisotopic (exact) mass is 226 g/mol. The fourth-order valence-electron chi connectivity index (χ4n) is 1.01. The van der Waals surface area contributed by atoms with Gasteiger partial charge in [0.15, 0.2) is 0 Å². The van der Waals surface area contributed by atoms with E-state index in [-0.39, 0.29) is 5.75 Å². The molecule has 4 heteroatoms. The van der Waals surface area contributed by atoms with E-state index in [9.17, 15) is 8.42 Å². The van der Waals surface area contributed by atoms with Gasteiger partial charge < -0.3 is 4.18 Å². The van der Waals surface area contributed by atoms with Crippen LogP contribution in [0.2, 0.25) is 0 Å². The highest BCUT2D eigenvalue weighted by molar-refractivity contribution is 7.87. The first-order chi connectivity index (χ1) is 7.03. The molecular weight excluding hydrogens is 212 g/mol. The fourth-order valence-corrected chi connectivity index (χ4v) is 1.95. The molecule has 0 bridgehead atoms. The van der Waals surface area contributed by atoms with Crippen LogP contribution in [0.25, 0.3) is 0 Å². The highest BCUT2D eigenvalue weighted by Crippen LogP contribution is 2.14. The van der Waals surface area contributed by atoms with Gasteiger partial charge in [0.2, 0.25) is 0 Å². The maximum Gasteiger partial charge on any atom is 0.309 e. The van der Waals surface area contributed by atoms with Crippen molar-refractivity contribution in [3.8, 4) is 5.75 Å². The minimum Gasteiger partial charge on any atom is -0.382 e. The summed E-state index contributed by atoms with van der Waals surface area (Å²) in [6.45, 7) is 5.39. The molecule has 0 heterocycles. The molecule has 0 aliphatic heterocycles. The quantitative estimate of drug-likeness (QED) is 0.571. The third-order valence-corrected chi connectivity index (χ3v) is 3.00. The van der Waals surface area contributed by atoms with Crippen LogP contribution in [0.5, 0.6) is 5.75 Å². The van der Waals surface area contributed by atoms with Gasteiger partial charge >= 0.3 is 10.1 Å². The summed E-state index contributed by atoms with van der Waals surface area (Å²) >= 11 is 0. The second-order valence-electron chi connectivity index (χ2n) is 3.24. The average molecular weight is 226 g/mol. The lowest BCUT2D eigenvalue weighted by Crippen LogP contribution is -2.13. The van der Waals surface area contributed by atoms with E-state index in [1.807, 2.05) is 6.92 Å². The van der Waals surface area contributed by atoms with Crippen LogP contribution in [0.1, 0.15) is 12.0 Å². The Labute approximate surface area is 90.5 Å². The smallest absolute Gasteiger partial charge is 0.309 e. The van der Waals surface area contributed by atoms with Gasteiger partial charge in [-0.05, 0) is 25.5 Å². The van der Waals surface area contributed by atoms with Crippen molar-refractivity contribution in [3.63, 3.8) is 0 Å². The molecule has 1 aromatic carbocycles. The second kappa shape index (κ2) is 4.98. The Morgan fingerprint density at radius 1 is 1.33 bits per heavy atom. The zero-order chi connectivity index (χ0) is 11.3. The molecule has 1 aromatic rings. The highest BCUT2D eigenvalue weighted by Gasteiger charge is 2.10. The fraction of sp³-hybridized carbons (Fsp3) is 0.273. The van der Waals surface area contributed by atoms with Crippen LogP contribution in [0.3, 0.4) is 0 Å². The van der Waals surface area contributed by atoms with E-state index in [0.717, 1.165) is 5.56 Å². The number of rotatable bonds is 5. The minimum absolute atomic E-state index is 0.0373. The van der Waals surface area contributed by atoms with Crippen LogP contribution >= 0.6 is 0 Å². The Morgan fingerprint density at radius 2 is 1.93 bits per heavy atom. The van der Waals surface area contributed by atoms with Crippen molar-refractivity contribution in [2.45, 2.75) is 13.3 Å². The number of aryl methyl sites for hydroxylation is 1. The predicted octanol–water partition coefficient (Wildman–Crippen LogP) is 2.28. The van der Waals surface area contributed by atoms with E-state index < -0.39 is 10.1 Å². The zero-order valence-electron chi connectivity index (χ0n) is 8.64. The molecule has 0 unspecified atom stereocenters. The second-order valence-corrected chi connectivity index (χ2v) is 4.93. The van der Waals surface area contributed by atoms with Crippen LogP contribution in [0.15, 0.2) is 36.9 Å². The van der Waals surface area contributed by atoms with Gasteiger partial charge in [0.05, 0.1) is 5.75 Å². The van der Waals surface area contributed by atoms with Crippen LogP contribution in [0.4, 0.5) is 0 Å². The molecule has 1 rings (SSSR count). The summed E-state index contributed by atoms with van der Waals surface area (Å²) in [4.78, 5) is 0. The Morgan fingerprint density at radius 3 is 2.47 bits per heavy atom. The van der Waals surface area contributed by atoms with Gasteiger partial charge in [-0.15, -0.1) is 6.58 Å². The van der Waals surface area contributed by atoms with Crippen molar-refractivity contribution in [3.05, 3.63) is 42.5 Å². The van der Waals surface area contributed by atoms with E-state index in [1.165, 1.54) is 0 Å². The zero-order valence-corrected chi connectivity index (χ0v) is 9.46. The first-order valence-corrected chi connectivity index (χ1v) is 6.21. The normalized spacial score (nSPS) is 11.0. The lowest BCUT2D eigenvalue weighted by atomic mass is 10.2. The SMILES string of the molecule is C=CCCS(=O)(=O)Oc1ccc(C)cc1. The average Bonchev–Trinajstić information content (AvgIpc) is 2.18. The molecule has 0 aromatic heterocycles. The minimum atomic E-state index is -3.48. The van der Waals surface area contributed by atoms with Crippen molar-refractivity contribution in [2.24, 2.45) is 0 Å². The van der Waals surface area contributed by atoms with Crippen LogP contribution < -0.4 is 4.18 Å². The number of hydrogen-bond donors (Lipinski definition) is 0. The first kappa shape index (κ1) is 11.8. The van der Waals surface area contributed by atoms with E-state index >= 15 is 0 Å². The summed E-state index contributed by atoms with van der Waals surface area (Å²) in [6.07, 6.45) is 1.95. The third kappa shape index (κ3) is 4.16. The summed E-state index contributed by atoms with van der Waals surface area (Å²) < 4.78 is 27.6. The predicted molar refractivity (Wildman–Crippen MR) is 60.4 cm³/mol. The van der Waals surface area contributed by atoms with Crippen LogP contribution in [-0.4, -0.2) is 14.2 Å². The summed E-state index contributed by atoms with van der Waals surface area (Å²) in [5.74, 6) is 0.314. The molecule has 0 amide bonds. The largest absolute Gasteiger partial charge is 0.382 e. The van der Waals surface area contributed by atoms with Gasteiger partial charge in [-0.3, -0.25) is 0 Å². The van der Waals surface area contributed by atoms with E-state index in [0.29, 0.717) is 12.2 Å². The number of benzene rings is 1. The van der Waals surface area contributed by atoms with Gasteiger partial charge in [0.1, 0.15) is 5.75 Å². The number of allylic oxidation sites excluding steroid dienone is 1. The van der Waals surface area contributed by atoms with Gasteiger partial charge in [-0.25, -0.2) is 0 Å². The van der Waals surface area contributed by atoms with Gasteiger partial charge in [0.25, 0.3) is 0 Å². The third-order valence-electron chi connectivity index (χ3n) is 1.82. The van der Waals surface area contributed by atoms with E-state index in [1.54, 1.807) is 30.3 Å². The first-order valence-electron chi connectivity index (χ1n) is 4.63. The molecule has 0 fully saturated rings. The molecule has 0 N–H and O–H groups in total. The van der Waals surface area contributed by atoms with Crippen LogP contribution in [0, 0.1) is 6.92 Å². The Kier molecular flexibility index (Phi) is 3.91. The maximum atomic E-state index is 11.4. The lowest BCUT2D eigenvalue weighted by Gasteiger charge is -2.05. The highest BCUT2D eigenvalue weighted by atomic mass is 32.2. The molecule has 0 aliphatic rings. The standard InChI is InChI=1S/C11H14O3S/c1-3-4-9-15(12,13)14-11-7-5-10(2)6-8-11/h3,5-8H,1,4,9H2,2H3. The van der Waals surface area contributed by atoms with Crippen molar-refractivity contribution in [1.29, 1.82) is 0 Å². The number of hydrogen-bond acceptors (Lipinski definition) is 3. The van der Waals surface area contributed by atoms with Crippen LogP contribution in [-0.2, 0) is 10.1 Å². The molecule has 15 heavy (non-hydrogen) atoms. The molecule has 0 radical (unpaired) electrons. The summed E-state index contributed by atoms with van der Waals surface area (Å²) in [6, 6.07) is 6.89. The Hall–Kier alpha value is -1.29. The van der Waals surface area contributed by atoms with Gasteiger partial charge in [-0.2, -0.15) is 8.42 Å². The molecule has 0 spiro atoms. The molecular formula is C11H14O3S. The van der Waals surface area contributed by atoms with Gasteiger partial charge in [0, 0.05) is 0 Å².